The zero-order valence-electron chi connectivity index (χ0n) is 6.14. The molecule has 0 aliphatic heterocycles. The molecule has 1 aliphatic rings. The lowest BCUT2D eigenvalue weighted by molar-refractivity contribution is 0.695. The Morgan fingerprint density at radius 2 is 2.45 bits per heavy atom. The number of halogens is 1. The highest BCUT2D eigenvalue weighted by atomic mass is 35.5. The minimum Gasteiger partial charge on any atom is -0.309 e. The predicted octanol–water partition coefficient (Wildman–Crippen LogP) is 2.65. The smallest absolute Gasteiger partial charge is 0.0516 e. The van der Waals surface area contributed by atoms with Crippen molar-refractivity contribution in [1.82, 2.24) is 5.32 Å². The average molecular weight is 188 g/mol. The van der Waals surface area contributed by atoms with Crippen molar-refractivity contribution in [2.45, 2.75) is 25.4 Å². The van der Waals surface area contributed by atoms with Gasteiger partial charge in [-0.25, -0.2) is 0 Å². The Hall–Kier alpha value is -0.0500. The van der Waals surface area contributed by atoms with Crippen LogP contribution in [-0.2, 0) is 6.54 Å². The van der Waals surface area contributed by atoms with Gasteiger partial charge in [0.25, 0.3) is 0 Å². The maximum absolute atomic E-state index is 5.77. The minimum absolute atomic E-state index is 0.788. The monoisotopic (exact) mass is 187 g/mol. The lowest BCUT2D eigenvalue weighted by atomic mass is 10.4. The summed E-state index contributed by atoms with van der Waals surface area (Å²) in [4.78, 5) is 1.34. The van der Waals surface area contributed by atoms with Gasteiger partial charge in [-0.2, -0.15) is 0 Å². The van der Waals surface area contributed by atoms with Gasteiger partial charge in [-0.05, 0) is 18.9 Å². The summed E-state index contributed by atoms with van der Waals surface area (Å²) < 4.78 is 0. The number of hydrogen-bond donors (Lipinski definition) is 1. The van der Waals surface area contributed by atoms with Crippen molar-refractivity contribution in [3.63, 3.8) is 0 Å². The minimum atomic E-state index is 0.788. The second-order valence-electron chi connectivity index (χ2n) is 2.89. The highest BCUT2D eigenvalue weighted by Gasteiger charge is 2.19. The molecule has 2 rings (SSSR count). The first-order chi connectivity index (χ1) is 5.34. The molecule has 3 heteroatoms. The van der Waals surface area contributed by atoms with E-state index < -0.39 is 0 Å². The fourth-order valence-electron chi connectivity index (χ4n) is 0.979. The maximum atomic E-state index is 5.77. The van der Waals surface area contributed by atoms with Crippen LogP contribution in [0.25, 0.3) is 0 Å². The zero-order chi connectivity index (χ0) is 7.68. The van der Waals surface area contributed by atoms with E-state index in [1.54, 1.807) is 11.3 Å². The summed E-state index contributed by atoms with van der Waals surface area (Å²) in [6.45, 7) is 0.988. The van der Waals surface area contributed by atoms with E-state index in [4.69, 9.17) is 11.6 Å². The maximum Gasteiger partial charge on any atom is 0.0516 e. The van der Waals surface area contributed by atoms with Crippen molar-refractivity contribution in [2.24, 2.45) is 0 Å². The molecule has 1 aliphatic carbocycles. The molecule has 11 heavy (non-hydrogen) atoms. The Bertz CT molecular complexity index is 242. The Kier molecular flexibility index (Phi) is 2.16. The Morgan fingerprint density at radius 1 is 1.64 bits per heavy atom. The van der Waals surface area contributed by atoms with Crippen LogP contribution in [0.2, 0.25) is 5.02 Å². The molecule has 0 aromatic carbocycles. The molecule has 1 nitrogen and oxygen atoms in total. The standard InChI is InChI=1S/C8H10ClNS/c9-6-3-8(11-5-6)4-10-7-1-2-7/h3,5,7,10H,1-2,4H2. The van der Waals surface area contributed by atoms with E-state index in [1.165, 1.54) is 17.7 Å². The third kappa shape index (κ3) is 2.19. The van der Waals surface area contributed by atoms with Crippen molar-refractivity contribution in [1.29, 1.82) is 0 Å². The molecule has 0 radical (unpaired) electrons. The third-order valence-corrected chi connectivity index (χ3v) is 3.05. The van der Waals surface area contributed by atoms with Crippen molar-refractivity contribution in [2.75, 3.05) is 0 Å². The van der Waals surface area contributed by atoms with Crippen LogP contribution >= 0.6 is 22.9 Å². The van der Waals surface area contributed by atoms with Crippen LogP contribution in [0.1, 0.15) is 17.7 Å². The SMILES string of the molecule is Clc1csc(CNC2CC2)c1. The Labute approximate surface area is 75.4 Å². The van der Waals surface area contributed by atoms with E-state index in [1.807, 2.05) is 11.4 Å². The molecule has 0 saturated heterocycles. The molecule has 0 bridgehead atoms. The molecule has 60 valence electrons. The molecule has 1 N–H and O–H groups in total. The summed E-state index contributed by atoms with van der Waals surface area (Å²) >= 11 is 7.50. The van der Waals surface area contributed by atoms with Gasteiger partial charge >= 0.3 is 0 Å². The van der Waals surface area contributed by atoms with Crippen LogP contribution < -0.4 is 5.32 Å². The van der Waals surface area contributed by atoms with Crippen molar-refractivity contribution < 1.29 is 0 Å². The van der Waals surface area contributed by atoms with Crippen molar-refractivity contribution in [3.8, 4) is 0 Å². The molecule has 0 unspecified atom stereocenters. The lowest BCUT2D eigenvalue weighted by Gasteiger charge is -1.97. The molecule has 0 amide bonds. The number of rotatable bonds is 3. The molecule has 1 aromatic heterocycles. The summed E-state index contributed by atoms with van der Waals surface area (Å²) in [7, 11) is 0. The van der Waals surface area contributed by atoms with Crippen LogP contribution in [-0.4, -0.2) is 6.04 Å². The van der Waals surface area contributed by atoms with E-state index >= 15 is 0 Å². The van der Waals surface area contributed by atoms with Crippen LogP contribution in [0, 0.1) is 0 Å². The summed E-state index contributed by atoms with van der Waals surface area (Å²) in [5, 5.41) is 6.28. The summed E-state index contributed by atoms with van der Waals surface area (Å²) in [6.07, 6.45) is 2.69. The molecule has 1 heterocycles. The number of thiophene rings is 1. The molecular formula is C8H10ClNS. The summed E-state index contributed by atoms with van der Waals surface area (Å²) in [5.74, 6) is 0. The van der Waals surface area contributed by atoms with Gasteiger partial charge in [-0.1, -0.05) is 11.6 Å². The normalized spacial score (nSPS) is 17.2. The van der Waals surface area contributed by atoms with Gasteiger partial charge < -0.3 is 5.32 Å². The average Bonchev–Trinajstić information content (AvgIpc) is 2.72. The zero-order valence-corrected chi connectivity index (χ0v) is 7.71. The van der Waals surface area contributed by atoms with Gasteiger partial charge in [-0.3, -0.25) is 0 Å². The topological polar surface area (TPSA) is 12.0 Å². The first-order valence-corrected chi connectivity index (χ1v) is 5.06. The van der Waals surface area contributed by atoms with Gasteiger partial charge in [0.2, 0.25) is 0 Å². The molecule has 1 aromatic rings. The van der Waals surface area contributed by atoms with E-state index in [0.717, 1.165) is 17.6 Å². The Morgan fingerprint density at radius 3 is 3.00 bits per heavy atom. The third-order valence-electron chi connectivity index (χ3n) is 1.76. The van der Waals surface area contributed by atoms with Crippen molar-refractivity contribution in [3.05, 3.63) is 21.3 Å². The largest absolute Gasteiger partial charge is 0.309 e. The van der Waals surface area contributed by atoms with E-state index in [2.05, 4.69) is 5.32 Å². The van der Waals surface area contributed by atoms with E-state index in [9.17, 15) is 0 Å². The quantitative estimate of drug-likeness (QED) is 0.768. The van der Waals surface area contributed by atoms with Crippen LogP contribution in [0.4, 0.5) is 0 Å². The fraction of sp³-hybridized carbons (Fsp3) is 0.500. The predicted molar refractivity (Wildman–Crippen MR) is 49.2 cm³/mol. The van der Waals surface area contributed by atoms with Gasteiger partial charge in [0.1, 0.15) is 0 Å². The van der Waals surface area contributed by atoms with Gasteiger partial charge in [-0.15, -0.1) is 11.3 Å². The van der Waals surface area contributed by atoms with E-state index in [0.29, 0.717) is 0 Å². The highest BCUT2D eigenvalue weighted by molar-refractivity contribution is 7.10. The highest BCUT2D eigenvalue weighted by Crippen LogP contribution is 2.22. The van der Waals surface area contributed by atoms with Crippen molar-refractivity contribution >= 4 is 22.9 Å². The fourth-order valence-corrected chi connectivity index (χ4v) is 2.00. The molecular weight excluding hydrogens is 178 g/mol. The summed E-state index contributed by atoms with van der Waals surface area (Å²) in [6, 6.07) is 2.82. The van der Waals surface area contributed by atoms with E-state index in [-0.39, 0.29) is 0 Å². The first-order valence-electron chi connectivity index (χ1n) is 3.81. The van der Waals surface area contributed by atoms with Crippen LogP contribution in [0.5, 0.6) is 0 Å². The number of hydrogen-bond acceptors (Lipinski definition) is 2. The van der Waals surface area contributed by atoms with Crippen LogP contribution in [0.3, 0.4) is 0 Å². The molecule has 0 spiro atoms. The Balaban J connectivity index is 1.85. The van der Waals surface area contributed by atoms with Gasteiger partial charge in [0.15, 0.2) is 0 Å². The number of nitrogens with one attached hydrogen (secondary N) is 1. The van der Waals surface area contributed by atoms with Crippen LogP contribution in [0.15, 0.2) is 11.4 Å². The summed E-state index contributed by atoms with van der Waals surface area (Å²) in [5.41, 5.74) is 0. The first kappa shape index (κ1) is 7.59. The lowest BCUT2D eigenvalue weighted by Crippen LogP contribution is -2.14. The second kappa shape index (κ2) is 3.13. The van der Waals surface area contributed by atoms with Gasteiger partial charge in [0.05, 0.1) is 5.02 Å². The molecule has 1 fully saturated rings. The second-order valence-corrected chi connectivity index (χ2v) is 4.32. The van der Waals surface area contributed by atoms with Gasteiger partial charge in [0, 0.05) is 22.8 Å². The molecule has 1 saturated carbocycles. The molecule has 0 atom stereocenters.